The van der Waals surface area contributed by atoms with Crippen LogP contribution in [0.3, 0.4) is 0 Å². The first-order valence-corrected chi connectivity index (χ1v) is 7.81. The van der Waals surface area contributed by atoms with Gasteiger partial charge in [-0.1, -0.05) is 6.92 Å². The summed E-state index contributed by atoms with van der Waals surface area (Å²) in [4.78, 5) is 0. The van der Waals surface area contributed by atoms with Crippen molar-refractivity contribution in [3.05, 3.63) is 0 Å². The first kappa shape index (κ1) is 14.0. The van der Waals surface area contributed by atoms with Crippen LogP contribution in [-0.2, 0) is 9.84 Å². The van der Waals surface area contributed by atoms with Crippen molar-refractivity contribution in [3.63, 3.8) is 0 Å². The van der Waals surface area contributed by atoms with Gasteiger partial charge in [-0.25, -0.2) is 8.42 Å². The van der Waals surface area contributed by atoms with E-state index in [0.29, 0.717) is 5.75 Å². The van der Waals surface area contributed by atoms with Crippen LogP contribution in [0, 0.1) is 5.41 Å². The highest BCUT2D eigenvalue weighted by Gasteiger charge is 2.43. The fourth-order valence-electron chi connectivity index (χ4n) is 1.74. The molecule has 0 atom stereocenters. The van der Waals surface area contributed by atoms with Crippen LogP contribution in [0.25, 0.3) is 0 Å². The molecule has 0 amide bonds. The van der Waals surface area contributed by atoms with E-state index < -0.39 is 14.6 Å². The Morgan fingerprint density at radius 3 is 2.19 bits per heavy atom. The van der Waals surface area contributed by atoms with E-state index in [0.717, 1.165) is 19.5 Å². The van der Waals surface area contributed by atoms with E-state index in [-0.39, 0.29) is 5.41 Å². The zero-order chi connectivity index (χ0) is 12.4. The zero-order valence-corrected chi connectivity index (χ0v) is 11.8. The lowest BCUT2D eigenvalue weighted by Crippen LogP contribution is -2.33. The molecule has 0 aromatic rings. The standard InChI is InChI=1S/C12H25NO2S/c1-5-13-10-12(6-7-12)8-9-16(14,15)11(2,3)4/h13H,5-10H2,1-4H3. The second-order valence-electron chi connectivity index (χ2n) is 5.96. The van der Waals surface area contributed by atoms with Gasteiger partial charge in [-0.15, -0.1) is 0 Å². The first-order chi connectivity index (χ1) is 7.22. The molecule has 0 heterocycles. The van der Waals surface area contributed by atoms with E-state index in [2.05, 4.69) is 12.2 Å². The maximum atomic E-state index is 12.0. The Morgan fingerprint density at radius 1 is 1.25 bits per heavy atom. The molecule has 0 bridgehead atoms. The molecule has 0 aliphatic heterocycles. The topological polar surface area (TPSA) is 46.2 Å². The Kier molecular flexibility index (Phi) is 4.06. The Hall–Kier alpha value is -0.0900. The highest BCUT2D eigenvalue weighted by molar-refractivity contribution is 7.92. The molecule has 1 saturated carbocycles. The van der Waals surface area contributed by atoms with Gasteiger partial charge in [0.05, 0.1) is 10.5 Å². The molecule has 1 fully saturated rings. The van der Waals surface area contributed by atoms with Gasteiger partial charge in [0.1, 0.15) is 0 Å². The summed E-state index contributed by atoms with van der Waals surface area (Å²) in [6.45, 7) is 9.38. The Morgan fingerprint density at radius 2 is 1.81 bits per heavy atom. The Labute approximate surface area is 99.9 Å². The van der Waals surface area contributed by atoms with Crippen LogP contribution in [-0.4, -0.2) is 32.0 Å². The van der Waals surface area contributed by atoms with E-state index in [1.807, 2.05) is 0 Å². The van der Waals surface area contributed by atoms with Crippen molar-refractivity contribution in [1.82, 2.24) is 5.32 Å². The lowest BCUT2D eigenvalue weighted by molar-refractivity contribution is 0.446. The number of sulfone groups is 1. The van der Waals surface area contributed by atoms with Gasteiger partial charge in [0.25, 0.3) is 0 Å². The largest absolute Gasteiger partial charge is 0.316 e. The summed E-state index contributed by atoms with van der Waals surface area (Å²) < 4.78 is 23.3. The van der Waals surface area contributed by atoms with Gasteiger partial charge >= 0.3 is 0 Å². The monoisotopic (exact) mass is 247 g/mol. The van der Waals surface area contributed by atoms with Crippen molar-refractivity contribution >= 4 is 9.84 Å². The number of nitrogens with one attached hydrogen (secondary N) is 1. The molecule has 0 aromatic heterocycles. The van der Waals surface area contributed by atoms with Gasteiger partial charge in [-0.2, -0.15) is 0 Å². The summed E-state index contributed by atoms with van der Waals surface area (Å²) in [5, 5.41) is 3.33. The minimum absolute atomic E-state index is 0.286. The molecule has 1 N–H and O–H groups in total. The van der Waals surface area contributed by atoms with Crippen molar-refractivity contribution in [2.24, 2.45) is 5.41 Å². The third-order valence-electron chi connectivity index (χ3n) is 3.54. The van der Waals surface area contributed by atoms with Gasteiger partial charge in [0.15, 0.2) is 9.84 Å². The third-order valence-corrected chi connectivity index (χ3v) is 6.15. The van der Waals surface area contributed by atoms with Crippen LogP contribution in [0.2, 0.25) is 0 Å². The summed E-state index contributed by atoms with van der Waals surface area (Å²) in [5.74, 6) is 0.335. The van der Waals surface area contributed by atoms with E-state index in [1.165, 1.54) is 12.8 Å². The fraction of sp³-hybridized carbons (Fsp3) is 1.00. The maximum absolute atomic E-state index is 12.0. The molecule has 3 nitrogen and oxygen atoms in total. The first-order valence-electron chi connectivity index (χ1n) is 6.15. The second kappa shape index (κ2) is 4.65. The van der Waals surface area contributed by atoms with Crippen LogP contribution in [0.1, 0.15) is 47.0 Å². The van der Waals surface area contributed by atoms with E-state index >= 15 is 0 Å². The van der Waals surface area contributed by atoms with Crippen molar-refractivity contribution < 1.29 is 8.42 Å². The molecule has 0 radical (unpaired) electrons. The smallest absolute Gasteiger partial charge is 0.155 e. The fourth-order valence-corrected chi connectivity index (χ4v) is 3.05. The molecule has 4 heteroatoms. The molecular weight excluding hydrogens is 222 g/mol. The summed E-state index contributed by atoms with van der Waals surface area (Å²) in [7, 11) is -2.94. The van der Waals surface area contributed by atoms with E-state index in [1.54, 1.807) is 20.8 Å². The summed E-state index contributed by atoms with van der Waals surface area (Å²) in [5.41, 5.74) is 0.286. The van der Waals surface area contributed by atoms with Gasteiger partial charge in [0.2, 0.25) is 0 Å². The van der Waals surface area contributed by atoms with Gasteiger partial charge < -0.3 is 5.32 Å². The molecule has 0 aromatic carbocycles. The van der Waals surface area contributed by atoms with Crippen molar-refractivity contribution in [1.29, 1.82) is 0 Å². The molecule has 1 rings (SSSR count). The molecule has 16 heavy (non-hydrogen) atoms. The molecule has 96 valence electrons. The van der Waals surface area contributed by atoms with Crippen LogP contribution in [0.5, 0.6) is 0 Å². The lowest BCUT2D eigenvalue weighted by Gasteiger charge is -2.22. The van der Waals surface area contributed by atoms with Crippen molar-refractivity contribution in [3.8, 4) is 0 Å². The number of rotatable bonds is 6. The molecule has 1 aliphatic rings. The molecule has 0 unspecified atom stereocenters. The van der Waals surface area contributed by atoms with Crippen LogP contribution in [0.4, 0.5) is 0 Å². The molecule has 0 spiro atoms. The highest BCUT2D eigenvalue weighted by atomic mass is 32.2. The predicted molar refractivity (Wildman–Crippen MR) is 68.4 cm³/mol. The van der Waals surface area contributed by atoms with Gasteiger partial charge in [-0.3, -0.25) is 0 Å². The Bertz CT molecular complexity index is 323. The molecule has 0 saturated heterocycles. The third kappa shape index (κ3) is 3.45. The minimum atomic E-state index is -2.94. The van der Waals surface area contributed by atoms with Crippen LogP contribution < -0.4 is 5.32 Å². The Balaban J connectivity index is 2.46. The van der Waals surface area contributed by atoms with Gasteiger partial charge in [0, 0.05) is 6.54 Å². The lowest BCUT2D eigenvalue weighted by atomic mass is 10.0. The quantitative estimate of drug-likeness (QED) is 0.780. The molecule has 1 aliphatic carbocycles. The number of hydrogen-bond acceptors (Lipinski definition) is 3. The van der Waals surface area contributed by atoms with Crippen molar-refractivity contribution in [2.75, 3.05) is 18.8 Å². The summed E-state index contributed by atoms with van der Waals surface area (Å²) in [6.07, 6.45) is 3.18. The summed E-state index contributed by atoms with van der Waals surface area (Å²) in [6, 6.07) is 0. The predicted octanol–water partition coefficient (Wildman–Crippen LogP) is 1.98. The average molecular weight is 247 g/mol. The highest BCUT2D eigenvalue weighted by Crippen LogP contribution is 2.48. The van der Waals surface area contributed by atoms with Gasteiger partial charge in [-0.05, 0) is 52.0 Å². The number of hydrogen-bond donors (Lipinski definition) is 1. The molecular formula is C12H25NO2S. The minimum Gasteiger partial charge on any atom is -0.316 e. The maximum Gasteiger partial charge on any atom is 0.155 e. The zero-order valence-electron chi connectivity index (χ0n) is 11.0. The van der Waals surface area contributed by atoms with E-state index in [4.69, 9.17) is 0 Å². The van der Waals surface area contributed by atoms with Crippen molar-refractivity contribution in [2.45, 2.75) is 51.7 Å². The normalized spacial score (nSPS) is 19.8. The van der Waals surface area contributed by atoms with Crippen LogP contribution in [0.15, 0.2) is 0 Å². The second-order valence-corrected chi connectivity index (χ2v) is 8.82. The summed E-state index contributed by atoms with van der Waals surface area (Å²) >= 11 is 0. The van der Waals surface area contributed by atoms with E-state index in [9.17, 15) is 8.42 Å². The SMILES string of the molecule is CCNCC1(CCS(=O)(=O)C(C)(C)C)CC1. The van der Waals surface area contributed by atoms with Crippen LogP contribution >= 0.6 is 0 Å². The average Bonchev–Trinajstić information content (AvgIpc) is 2.91.